The van der Waals surface area contributed by atoms with Gasteiger partial charge in [0.15, 0.2) is 5.05 Å². The topological polar surface area (TPSA) is 35.2 Å². The van der Waals surface area contributed by atoms with E-state index in [2.05, 4.69) is 0 Å². The smallest absolute Gasteiger partial charge is 0.191 e. The number of rotatable bonds is 4. The van der Waals surface area contributed by atoms with E-state index in [1.807, 2.05) is 30.3 Å². The van der Waals surface area contributed by atoms with Crippen LogP contribution in [0.3, 0.4) is 0 Å². The maximum absolute atomic E-state index is 5.33. The lowest BCUT2D eigenvalue weighted by molar-refractivity contribution is 0.310. The zero-order valence-corrected chi connectivity index (χ0v) is 8.22. The summed E-state index contributed by atoms with van der Waals surface area (Å²) < 4.78 is 5.32. The molecule has 70 valence electrons. The van der Waals surface area contributed by atoms with E-state index in [-0.39, 0.29) is 0 Å². The highest BCUT2D eigenvalue weighted by atomic mass is 32.1. The Hall–Kier alpha value is -0.930. The Balaban J connectivity index is 2.40. The number of ether oxygens (including phenoxy) is 1. The first-order valence-corrected chi connectivity index (χ1v) is 4.67. The standard InChI is InChI=1S/C10H13NOS/c11-7-4-8-12-10(13)9-5-2-1-3-6-9/h1-3,5-6H,4,7-8,11H2. The quantitative estimate of drug-likeness (QED) is 0.587. The summed E-state index contributed by atoms with van der Waals surface area (Å²) in [6.07, 6.45) is 0.840. The number of hydrogen-bond donors (Lipinski definition) is 1. The van der Waals surface area contributed by atoms with E-state index in [0.29, 0.717) is 18.2 Å². The Bertz CT molecular complexity index is 261. The van der Waals surface area contributed by atoms with E-state index in [1.54, 1.807) is 0 Å². The van der Waals surface area contributed by atoms with E-state index in [9.17, 15) is 0 Å². The summed E-state index contributed by atoms with van der Waals surface area (Å²) in [7, 11) is 0. The van der Waals surface area contributed by atoms with Gasteiger partial charge in [0.1, 0.15) is 0 Å². The van der Waals surface area contributed by atoms with Crippen molar-refractivity contribution in [1.82, 2.24) is 0 Å². The molecule has 0 fully saturated rings. The van der Waals surface area contributed by atoms with E-state index in [1.165, 1.54) is 0 Å². The molecule has 0 bridgehead atoms. The van der Waals surface area contributed by atoms with Crippen LogP contribution in [0.25, 0.3) is 0 Å². The molecule has 0 aliphatic carbocycles. The SMILES string of the molecule is NCCCOC(=S)c1ccccc1. The third-order valence-electron chi connectivity index (χ3n) is 1.59. The van der Waals surface area contributed by atoms with Crippen LogP contribution in [0.2, 0.25) is 0 Å². The minimum atomic E-state index is 0.550. The first-order chi connectivity index (χ1) is 6.34. The first-order valence-electron chi connectivity index (χ1n) is 4.27. The van der Waals surface area contributed by atoms with E-state index in [0.717, 1.165) is 12.0 Å². The third kappa shape index (κ3) is 3.53. The largest absolute Gasteiger partial charge is 0.483 e. The second-order valence-electron chi connectivity index (χ2n) is 2.64. The average molecular weight is 195 g/mol. The van der Waals surface area contributed by atoms with E-state index >= 15 is 0 Å². The Morgan fingerprint density at radius 3 is 2.62 bits per heavy atom. The highest BCUT2D eigenvalue weighted by Gasteiger charge is 1.99. The highest BCUT2D eigenvalue weighted by molar-refractivity contribution is 7.80. The lowest BCUT2D eigenvalue weighted by Gasteiger charge is -2.05. The predicted octanol–water partition coefficient (Wildman–Crippen LogP) is 1.73. The van der Waals surface area contributed by atoms with Crippen LogP contribution in [0.5, 0.6) is 0 Å². The Morgan fingerprint density at radius 2 is 2.00 bits per heavy atom. The lowest BCUT2D eigenvalue weighted by Crippen LogP contribution is -2.08. The van der Waals surface area contributed by atoms with Crippen molar-refractivity contribution in [1.29, 1.82) is 0 Å². The second kappa shape index (κ2) is 5.67. The fourth-order valence-electron chi connectivity index (χ4n) is 0.906. The van der Waals surface area contributed by atoms with Crippen LogP contribution in [0, 0.1) is 0 Å². The highest BCUT2D eigenvalue weighted by Crippen LogP contribution is 2.02. The summed E-state index contributed by atoms with van der Waals surface area (Å²) in [6.45, 7) is 1.24. The van der Waals surface area contributed by atoms with Crippen molar-refractivity contribution in [3.63, 3.8) is 0 Å². The third-order valence-corrected chi connectivity index (χ3v) is 1.94. The molecule has 0 aromatic heterocycles. The molecule has 2 nitrogen and oxygen atoms in total. The average Bonchev–Trinajstić information content (AvgIpc) is 2.19. The Morgan fingerprint density at radius 1 is 1.31 bits per heavy atom. The maximum atomic E-state index is 5.33. The summed E-state index contributed by atoms with van der Waals surface area (Å²) in [5, 5.41) is 0.550. The Labute approximate surface area is 83.7 Å². The van der Waals surface area contributed by atoms with Crippen LogP contribution in [-0.4, -0.2) is 18.2 Å². The zero-order chi connectivity index (χ0) is 9.52. The monoisotopic (exact) mass is 195 g/mol. The number of thiocarbonyl (C=S) groups is 1. The molecule has 1 rings (SSSR count). The van der Waals surface area contributed by atoms with Crippen molar-refractivity contribution >= 4 is 17.3 Å². The predicted molar refractivity (Wildman–Crippen MR) is 57.8 cm³/mol. The van der Waals surface area contributed by atoms with E-state index < -0.39 is 0 Å². The summed E-state index contributed by atoms with van der Waals surface area (Å²) >= 11 is 5.07. The van der Waals surface area contributed by atoms with Gasteiger partial charge >= 0.3 is 0 Å². The number of hydrogen-bond acceptors (Lipinski definition) is 3. The molecule has 0 amide bonds. The lowest BCUT2D eigenvalue weighted by atomic mass is 10.2. The minimum Gasteiger partial charge on any atom is -0.483 e. The van der Waals surface area contributed by atoms with Crippen LogP contribution < -0.4 is 5.73 Å². The second-order valence-corrected chi connectivity index (χ2v) is 3.01. The number of benzene rings is 1. The van der Waals surface area contributed by atoms with E-state index in [4.69, 9.17) is 22.7 Å². The maximum Gasteiger partial charge on any atom is 0.191 e. The molecule has 2 N–H and O–H groups in total. The van der Waals surface area contributed by atoms with Gasteiger partial charge < -0.3 is 10.5 Å². The number of nitrogens with two attached hydrogens (primary N) is 1. The molecule has 0 aliphatic rings. The van der Waals surface area contributed by atoms with Crippen molar-refractivity contribution in [3.8, 4) is 0 Å². The molecule has 0 saturated heterocycles. The van der Waals surface area contributed by atoms with Gasteiger partial charge in [-0.2, -0.15) is 0 Å². The van der Waals surface area contributed by atoms with Gasteiger partial charge in [0.05, 0.1) is 6.61 Å². The molecule has 0 heterocycles. The van der Waals surface area contributed by atoms with Crippen molar-refractivity contribution in [3.05, 3.63) is 35.9 Å². The van der Waals surface area contributed by atoms with Gasteiger partial charge in [0.2, 0.25) is 0 Å². The van der Waals surface area contributed by atoms with Gasteiger partial charge in [0.25, 0.3) is 0 Å². The van der Waals surface area contributed by atoms with Crippen LogP contribution in [0.4, 0.5) is 0 Å². The molecule has 0 aliphatic heterocycles. The van der Waals surface area contributed by atoms with Gasteiger partial charge in [-0.05, 0) is 25.2 Å². The molecule has 0 atom stereocenters. The minimum absolute atomic E-state index is 0.550. The zero-order valence-electron chi connectivity index (χ0n) is 7.40. The van der Waals surface area contributed by atoms with Crippen molar-refractivity contribution < 1.29 is 4.74 Å². The summed E-state index contributed by atoms with van der Waals surface area (Å²) in [5.74, 6) is 0. The van der Waals surface area contributed by atoms with Crippen LogP contribution in [0.15, 0.2) is 30.3 Å². The summed E-state index contributed by atoms with van der Waals surface area (Å²) in [5.41, 5.74) is 6.28. The summed E-state index contributed by atoms with van der Waals surface area (Å²) in [4.78, 5) is 0. The molecule has 3 heteroatoms. The van der Waals surface area contributed by atoms with Crippen molar-refractivity contribution in [2.24, 2.45) is 5.73 Å². The van der Waals surface area contributed by atoms with Crippen LogP contribution in [-0.2, 0) is 4.74 Å². The first kappa shape index (κ1) is 10.2. The van der Waals surface area contributed by atoms with Crippen molar-refractivity contribution in [2.45, 2.75) is 6.42 Å². The molecule has 1 aromatic carbocycles. The fraction of sp³-hybridized carbons (Fsp3) is 0.300. The molecular formula is C10H13NOS. The van der Waals surface area contributed by atoms with Crippen LogP contribution >= 0.6 is 12.2 Å². The molecule has 0 radical (unpaired) electrons. The van der Waals surface area contributed by atoms with Crippen molar-refractivity contribution in [2.75, 3.05) is 13.2 Å². The Kier molecular flexibility index (Phi) is 4.43. The molecule has 1 aromatic rings. The van der Waals surface area contributed by atoms with Gasteiger partial charge in [-0.1, -0.05) is 30.3 Å². The molecule has 0 spiro atoms. The van der Waals surface area contributed by atoms with Gasteiger partial charge in [-0.15, -0.1) is 0 Å². The van der Waals surface area contributed by atoms with Gasteiger partial charge in [0, 0.05) is 5.56 Å². The molecule has 0 saturated carbocycles. The van der Waals surface area contributed by atoms with Gasteiger partial charge in [-0.25, -0.2) is 0 Å². The summed E-state index contributed by atoms with van der Waals surface area (Å²) in [6, 6.07) is 9.70. The van der Waals surface area contributed by atoms with Crippen LogP contribution in [0.1, 0.15) is 12.0 Å². The molecule has 13 heavy (non-hydrogen) atoms. The molecular weight excluding hydrogens is 182 g/mol. The molecule has 0 unspecified atom stereocenters. The van der Waals surface area contributed by atoms with Gasteiger partial charge in [-0.3, -0.25) is 0 Å². The fourth-order valence-corrected chi connectivity index (χ4v) is 1.13. The normalized spacial score (nSPS) is 9.62.